The Kier molecular flexibility index (Phi) is 33.7. The fourth-order valence-electron chi connectivity index (χ4n) is 3.86. The summed E-state index contributed by atoms with van der Waals surface area (Å²) >= 11 is 0. The lowest BCUT2D eigenvalue weighted by atomic mass is 9.88. The van der Waals surface area contributed by atoms with Crippen molar-refractivity contribution in [2.24, 2.45) is 11.1 Å². The van der Waals surface area contributed by atoms with Crippen LogP contribution in [0, 0.1) is 5.41 Å². The van der Waals surface area contributed by atoms with Crippen molar-refractivity contribution in [3.63, 3.8) is 0 Å². The zero-order valence-electron chi connectivity index (χ0n) is 29.1. The van der Waals surface area contributed by atoms with Gasteiger partial charge in [-0.2, -0.15) is 0 Å². The standard InChI is InChI=1S/C24H32N2O2.C2H6O.3C2H4O.CH3NO.CH2O2/c1-24(2,3)14-13-19(16-28-5)26-15-22-20(7-6-8-21(22)23(26)27)17-9-11-18(25-4)12-10-17;1-3-2;3*1-2-3;2*2-1-3/h6-12,19,25H,13-16H2,1-5H3;1-2H3;3*2H,1H3;1H,(H2,2,3);1H,(H,2,3). The second-order valence-electron chi connectivity index (χ2n) is 10.2. The lowest BCUT2D eigenvalue weighted by Gasteiger charge is -2.30. The van der Waals surface area contributed by atoms with Crippen LogP contribution in [0.25, 0.3) is 11.1 Å². The Morgan fingerprint density at radius 1 is 0.913 bits per heavy atom. The molecule has 46 heavy (non-hydrogen) atoms. The molecule has 1 aliphatic heterocycles. The maximum absolute atomic E-state index is 13.2. The molecule has 4 N–H and O–H groups in total. The zero-order chi connectivity index (χ0) is 36.6. The van der Waals surface area contributed by atoms with E-state index in [4.69, 9.17) is 33.8 Å². The van der Waals surface area contributed by atoms with Crippen molar-refractivity contribution in [1.29, 1.82) is 0 Å². The molecule has 12 heteroatoms. The van der Waals surface area contributed by atoms with Crippen LogP contribution in [0.15, 0.2) is 42.5 Å². The molecule has 0 radical (unpaired) electrons. The smallest absolute Gasteiger partial charge is 0.290 e. The third kappa shape index (κ3) is 23.0. The summed E-state index contributed by atoms with van der Waals surface area (Å²) in [4.78, 5) is 58.5. The molecule has 0 bridgehead atoms. The number of nitrogens with two attached hydrogens (primary N) is 1. The fraction of sp³-hybridized carbons (Fsp3) is 0.471. The Bertz CT molecular complexity index is 1050. The minimum atomic E-state index is -0.250. The molecule has 0 aromatic heterocycles. The third-order valence-electron chi connectivity index (χ3n) is 5.51. The number of methoxy groups -OCH3 is 2. The van der Waals surface area contributed by atoms with E-state index < -0.39 is 0 Å². The van der Waals surface area contributed by atoms with Crippen molar-refractivity contribution in [3.8, 4) is 11.1 Å². The summed E-state index contributed by atoms with van der Waals surface area (Å²) < 4.78 is 9.72. The van der Waals surface area contributed by atoms with E-state index in [-0.39, 0.29) is 30.2 Å². The molecule has 1 aliphatic rings. The molecule has 260 valence electrons. The molecule has 0 saturated carbocycles. The molecule has 3 rings (SSSR count). The quantitative estimate of drug-likeness (QED) is 0.350. The molecule has 2 amide bonds. The number of nitrogens with zero attached hydrogens (tertiary/aromatic N) is 1. The molecule has 1 unspecified atom stereocenters. The molecule has 0 fully saturated rings. The van der Waals surface area contributed by atoms with Crippen LogP contribution in [0.2, 0.25) is 0 Å². The van der Waals surface area contributed by atoms with Crippen molar-refractivity contribution in [2.75, 3.05) is 40.3 Å². The van der Waals surface area contributed by atoms with Gasteiger partial charge in [-0.25, -0.2) is 0 Å². The van der Waals surface area contributed by atoms with Crippen LogP contribution in [0.3, 0.4) is 0 Å². The van der Waals surface area contributed by atoms with E-state index in [1.54, 1.807) is 21.3 Å². The van der Waals surface area contributed by atoms with Gasteiger partial charge in [-0.15, -0.1) is 0 Å². The van der Waals surface area contributed by atoms with E-state index in [9.17, 15) is 4.79 Å². The van der Waals surface area contributed by atoms with Gasteiger partial charge in [0.05, 0.1) is 12.6 Å². The van der Waals surface area contributed by atoms with E-state index in [0.717, 1.165) is 59.6 Å². The van der Waals surface area contributed by atoms with Crippen LogP contribution in [0.4, 0.5) is 5.69 Å². The number of benzene rings is 2. The second kappa shape index (κ2) is 32.0. The maximum Gasteiger partial charge on any atom is 0.290 e. The fourth-order valence-corrected chi connectivity index (χ4v) is 3.86. The first-order chi connectivity index (χ1) is 21.8. The van der Waals surface area contributed by atoms with E-state index in [2.05, 4.69) is 66.9 Å². The van der Waals surface area contributed by atoms with Crippen LogP contribution < -0.4 is 11.1 Å². The topological polar surface area (TPSA) is 182 Å². The number of amides is 2. The predicted molar refractivity (Wildman–Crippen MR) is 183 cm³/mol. The SMILES string of the molecule is CC=O.CC=O.CC=O.CNc1ccc(-c2cccc3c2CN(C(CCC(C)(C)C)COC)C3=O)cc1.COC.NC=O.O=CO. The average Bonchev–Trinajstić information content (AvgIpc) is 3.33. The molecule has 12 nitrogen and oxygen atoms in total. The average molecular weight is 650 g/mol. The molecule has 0 spiro atoms. The zero-order valence-corrected chi connectivity index (χ0v) is 29.1. The Hall–Kier alpha value is -4.42. The first-order valence-corrected chi connectivity index (χ1v) is 14.4. The Morgan fingerprint density at radius 2 is 1.33 bits per heavy atom. The summed E-state index contributed by atoms with van der Waals surface area (Å²) in [6, 6.07) is 14.5. The highest BCUT2D eigenvalue weighted by atomic mass is 16.5. The number of rotatable bonds is 7. The first kappa shape index (κ1) is 48.5. The number of aldehydes is 3. The van der Waals surface area contributed by atoms with Gasteiger partial charge in [0.2, 0.25) is 6.41 Å². The van der Waals surface area contributed by atoms with Gasteiger partial charge in [-0.05, 0) is 73.9 Å². The number of anilines is 1. The van der Waals surface area contributed by atoms with Crippen molar-refractivity contribution in [3.05, 3.63) is 53.6 Å². The summed E-state index contributed by atoms with van der Waals surface area (Å²) in [5.74, 6) is 0.125. The highest BCUT2D eigenvalue weighted by Gasteiger charge is 2.34. The highest BCUT2D eigenvalue weighted by molar-refractivity contribution is 6.00. The summed E-state index contributed by atoms with van der Waals surface area (Å²) in [6.45, 7) is 12.0. The normalized spacial score (nSPS) is 10.8. The van der Waals surface area contributed by atoms with Crippen LogP contribution in [-0.4, -0.2) is 88.7 Å². The van der Waals surface area contributed by atoms with E-state index in [1.807, 2.05) is 24.1 Å². The number of carboxylic acid groups (broad SMARTS) is 1. The van der Waals surface area contributed by atoms with Crippen LogP contribution in [0.1, 0.15) is 70.3 Å². The Balaban J connectivity index is -0.000000409. The van der Waals surface area contributed by atoms with E-state index in [1.165, 1.54) is 20.8 Å². The highest BCUT2D eigenvalue weighted by Crippen LogP contribution is 2.35. The maximum atomic E-state index is 13.2. The summed E-state index contributed by atoms with van der Waals surface area (Å²) in [6.07, 6.45) is 4.50. The Labute approximate surface area is 274 Å². The molecular formula is C34H55N3O9. The van der Waals surface area contributed by atoms with Gasteiger partial charge in [-0.3, -0.25) is 14.4 Å². The molecule has 1 atom stereocenters. The van der Waals surface area contributed by atoms with E-state index >= 15 is 0 Å². The minimum Gasteiger partial charge on any atom is -0.483 e. The number of fused-ring (bicyclic) bond motifs is 1. The second-order valence-corrected chi connectivity index (χ2v) is 10.2. The first-order valence-electron chi connectivity index (χ1n) is 14.4. The van der Waals surface area contributed by atoms with Crippen LogP contribution in [-0.2, 0) is 40.0 Å². The lowest BCUT2D eigenvalue weighted by Crippen LogP contribution is -2.39. The van der Waals surface area contributed by atoms with Gasteiger partial charge >= 0.3 is 0 Å². The number of hydrogen-bond acceptors (Lipinski definition) is 9. The van der Waals surface area contributed by atoms with Gasteiger partial charge in [0.25, 0.3) is 12.4 Å². The van der Waals surface area contributed by atoms with Crippen molar-refractivity contribution >= 4 is 43.3 Å². The summed E-state index contributed by atoms with van der Waals surface area (Å²) in [7, 11) is 6.88. The molecule has 2 aromatic carbocycles. The van der Waals surface area contributed by atoms with Gasteiger partial charge in [0, 0.05) is 46.2 Å². The molecule has 0 saturated heterocycles. The van der Waals surface area contributed by atoms with Crippen molar-refractivity contribution in [1.82, 2.24) is 4.90 Å². The van der Waals surface area contributed by atoms with Crippen LogP contribution >= 0.6 is 0 Å². The van der Waals surface area contributed by atoms with Gasteiger partial charge in [0.1, 0.15) is 18.9 Å². The number of nitrogens with one attached hydrogen (secondary N) is 1. The summed E-state index contributed by atoms with van der Waals surface area (Å²) in [5, 5.41) is 10.0. The number of hydrogen-bond donors (Lipinski definition) is 3. The van der Waals surface area contributed by atoms with Crippen molar-refractivity contribution < 1.29 is 43.3 Å². The van der Waals surface area contributed by atoms with Gasteiger partial charge in [0.15, 0.2) is 0 Å². The Morgan fingerprint density at radius 3 is 1.70 bits per heavy atom. The lowest BCUT2D eigenvalue weighted by molar-refractivity contribution is -0.123. The summed E-state index contributed by atoms with van der Waals surface area (Å²) in [5.41, 5.74) is 9.72. The monoisotopic (exact) mass is 649 g/mol. The minimum absolute atomic E-state index is 0.101. The molecule has 0 aliphatic carbocycles. The largest absolute Gasteiger partial charge is 0.483 e. The number of ether oxygens (including phenoxy) is 2. The van der Waals surface area contributed by atoms with E-state index in [0.29, 0.717) is 13.2 Å². The van der Waals surface area contributed by atoms with Gasteiger partial charge < -0.3 is 44.9 Å². The molecule has 2 aromatic rings. The van der Waals surface area contributed by atoms with Gasteiger partial charge in [-0.1, -0.05) is 45.0 Å². The third-order valence-corrected chi connectivity index (χ3v) is 5.51. The number of carbonyl (C=O) groups is 6. The van der Waals surface area contributed by atoms with Crippen molar-refractivity contribution in [2.45, 2.75) is 67.0 Å². The number of carbonyl (C=O) groups excluding carboxylic acids is 5. The predicted octanol–water partition coefficient (Wildman–Crippen LogP) is 4.87. The molecule has 1 heterocycles. The van der Waals surface area contributed by atoms with Crippen LogP contribution in [0.5, 0.6) is 0 Å². The number of primary amides is 1. The molecular weight excluding hydrogens is 594 g/mol.